The minimum atomic E-state index is -0.0112. The van der Waals surface area contributed by atoms with Gasteiger partial charge in [-0.25, -0.2) is 0 Å². The predicted octanol–water partition coefficient (Wildman–Crippen LogP) is 1.00. The minimum absolute atomic E-state index is 0.0112. The summed E-state index contributed by atoms with van der Waals surface area (Å²) >= 11 is 0. The van der Waals surface area contributed by atoms with E-state index in [2.05, 4.69) is 24.3 Å². The summed E-state index contributed by atoms with van der Waals surface area (Å²) in [7, 11) is 0. The highest BCUT2D eigenvalue weighted by Crippen LogP contribution is 2.51. The van der Waals surface area contributed by atoms with Crippen molar-refractivity contribution in [1.82, 2.24) is 0 Å². The van der Waals surface area contributed by atoms with Crippen molar-refractivity contribution in [1.29, 1.82) is 0 Å². The maximum atomic E-state index is 12.3. The van der Waals surface area contributed by atoms with Crippen LogP contribution in [0.15, 0.2) is 24.3 Å². The van der Waals surface area contributed by atoms with E-state index in [1.54, 1.807) is 0 Å². The van der Waals surface area contributed by atoms with Crippen molar-refractivity contribution in [2.75, 3.05) is 6.54 Å². The molecule has 1 aromatic carbocycles. The average molecular weight is 257 g/mol. The summed E-state index contributed by atoms with van der Waals surface area (Å²) in [5, 5.41) is 12.7. The molecule has 19 heavy (non-hydrogen) atoms. The number of hydrogen-bond acceptors (Lipinski definition) is 2. The zero-order valence-corrected chi connectivity index (χ0v) is 11.0. The first-order valence-electron chi connectivity index (χ1n) is 7.33. The molecule has 3 nitrogen and oxygen atoms in total. The van der Waals surface area contributed by atoms with E-state index in [4.69, 9.17) is 0 Å². The molecule has 1 saturated carbocycles. The third-order valence-electron chi connectivity index (χ3n) is 5.67. The second-order valence-corrected chi connectivity index (χ2v) is 6.45. The molecule has 2 fully saturated rings. The predicted molar refractivity (Wildman–Crippen MR) is 71.8 cm³/mol. The van der Waals surface area contributed by atoms with Gasteiger partial charge in [-0.15, -0.1) is 0 Å². The molecule has 1 saturated heterocycles. The zero-order chi connectivity index (χ0) is 13.0. The number of piperidine rings is 1. The van der Waals surface area contributed by atoms with Gasteiger partial charge in [0.1, 0.15) is 5.78 Å². The molecule has 0 aromatic heterocycles. The Kier molecular flexibility index (Phi) is 2.39. The number of benzene rings is 1. The molecule has 2 aliphatic carbocycles. The summed E-state index contributed by atoms with van der Waals surface area (Å²) in [4.78, 5) is 12.0. The van der Waals surface area contributed by atoms with Gasteiger partial charge in [0, 0.05) is 37.0 Å². The van der Waals surface area contributed by atoms with Gasteiger partial charge in [0.05, 0.1) is 12.6 Å². The van der Waals surface area contributed by atoms with Crippen LogP contribution < -0.4 is 5.06 Å². The number of fused-ring (bicyclic) bond motifs is 1. The van der Waals surface area contributed by atoms with Crippen LogP contribution in [0.2, 0.25) is 0 Å². The maximum absolute atomic E-state index is 12.3. The molecule has 1 aliphatic heterocycles. The minimum Gasteiger partial charge on any atom is -0.634 e. The van der Waals surface area contributed by atoms with E-state index in [0.717, 1.165) is 19.3 Å². The Labute approximate surface area is 113 Å². The van der Waals surface area contributed by atoms with Gasteiger partial charge in [0.2, 0.25) is 0 Å². The van der Waals surface area contributed by atoms with E-state index in [9.17, 15) is 10.0 Å². The molecule has 1 aromatic rings. The number of Topliss-reactive ketones (excluding diaryl/α,β-unsaturated/α-hetero) is 1. The van der Waals surface area contributed by atoms with Gasteiger partial charge >= 0.3 is 0 Å². The van der Waals surface area contributed by atoms with E-state index >= 15 is 0 Å². The number of ketones is 1. The molecule has 4 rings (SSSR count). The summed E-state index contributed by atoms with van der Waals surface area (Å²) in [5.74, 6) is 0.808. The summed E-state index contributed by atoms with van der Waals surface area (Å²) in [6.07, 6.45) is 4.05. The van der Waals surface area contributed by atoms with Crippen LogP contribution in [0.4, 0.5) is 0 Å². The van der Waals surface area contributed by atoms with E-state index < -0.39 is 0 Å². The van der Waals surface area contributed by atoms with Crippen LogP contribution in [0.1, 0.15) is 36.8 Å². The number of hydrogen-bond donors (Lipinski definition) is 1. The van der Waals surface area contributed by atoms with E-state index in [-0.39, 0.29) is 11.5 Å². The fourth-order valence-corrected chi connectivity index (χ4v) is 4.89. The van der Waals surface area contributed by atoms with E-state index in [0.29, 0.717) is 36.2 Å². The standard InChI is InChI=1S/C16H19NO2/c18-12-5-6-14-15-9-11-3-1-2-4-13(11)16(14,10-12)7-8-17(15)19/h1-4,14-15,17H,5-10H2/t14-,15+,16+/m0/s1. The molecule has 3 aliphatic rings. The van der Waals surface area contributed by atoms with Crippen LogP contribution >= 0.6 is 0 Å². The Morgan fingerprint density at radius 1 is 1.32 bits per heavy atom. The molecule has 1 unspecified atom stereocenters. The van der Waals surface area contributed by atoms with Crippen LogP contribution in [0.3, 0.4) is 0 Å². The van der Waals surface area contributed by atoms with Crippen molar-refractivity contribution in [3.8, 4) is 0 Å². The van der Waals surface area contributed by atoms with Crippen LogP contribution in [0.25, 0.3) is 0 Å². The lowest BCUT2D eigenvalue weighted by Gasteiger charge is -2.57. The quantitative estimate of drug-likeness (QED) is 0.705. The molecule has 0 radical (unpaired) electrons. The molecule has 100 valence electrons. The van der Waals surface area contributed by atoms with Crippen molar-refractivity contribution in [2.24, 2.45) is 5.92 Å². The molecule has 0 amide bonds. The average Bonchev–Trinajstić information content (AvgIpc) is 2.42. The smallest absolute Gasteiger partial charge is 0.133 e. The van der Waals surface area contributed by atoms with Crippen molar-refractivity contribution >= 4 is 5.78 Å². The summed E-state index contributed by atoms with van der Waals surface area (Å²) in [6.45, 7) is 0.669. The number of carbonyl (C=O) groups is 1. The van der Waals surface area contributed by atoms with Gasteiger partial charge in [-0.05, 0) is 17.5 Å². The highest BCUT2D eigenvalue weighted by molar-refractivity contribution is 5.81. The van der Waals surface area contributed by atoms with Gasteiger partial charge in [0.25, 0.3) is 0 Å². The SMILES string of the molecule is O=C1CC[C@H]2[C@H]3Cc4ccccc4[C@@]2(CC[NH+]3[O-])C1. The fraction of sp³-hybridized carbons (Fsp3) is 0.562. The van der Waals surface area contributed by atoms with Crippen LogP contribution in [0, 0.1) is 11.1 Å². The lowest BCUT2D eigenvalue weighted by atomic mass is 9.52. The van der Waals surface area contributed by atoms with Gasteiger partial charge in [-0.3, -0.25) is 4.79 Å². The molecule has 0 spiro atoms. The number of rotatable bonds is 0. The number of carbonyl (C=O) groups excluding carboxylic acids is 1. The Morgan fingerprint density at radius 2 is 2.16 bits per heavy atom. The first-order valence-corrected chi connectivity index (χ1v) is 7.33. The van der Waals surface area contributed by atoms with Gasteiger partial charge < -0.3 is 10.3 Å². The lowest BCUT2D eigenvalue weighted by Crippen LogP contribution is -3.15. The van der Waals surface area contributed by atoms with Gasteiger partial charge in [-0.1, -0.05) is 24.3 Å². The molecule has 4 atom stereocenters. The molecule has 1 heterocycles. The van der Waals surface area contributed by atoms with Gasteiger partial charge in [0.15, 0.2) is 0 Å². The van der Waals surface area contributed by atoms with Crippen molar-refractivity contribution < 1.29 is 9.86 Å². The largest absolute Gasteiger partial charge is 0.634 e. The van der Waals surface area contributed by atoms with Crippen molar-refractivity contribution in [3.05, 3.63) is 40.6 Å². The van der Waals surface area contributed by atoms with Crippen molar-refractivity contribution in [3.63, 3.8) is 0 Å². The summed E-state index contributed by atoms with van der Waals surface area (Å²) in [6, 6.07) is 8.67. The number of quaternary nitrogens is 1. The van der Waals surface area contributed by atoms with Gasteiger partial charge in [-0.2, -0.15) is 0 Å². The maximum Gasteiger partial charge on any atom is 0.133 e. The highest BCUT2D eigenvalue weighted by Gasteiger charge is 2.56. The topological polar surface area (TPSA) is 44.6 Å². The normalized spacial score (nSPS) is 40.5. The Morgan fingerprint density at radius 3 is 3.05 bits per heavy atom. The van der Waals surface area contributed by atoms with Crippen molar-refractivity contribution in [2.45, 2.75) is 43.6 Å². The van der Waals surface area contributed by atoms with E-state index in [1.165, 1.54) is 11.1 Å². The molecular weight excluding hydrogens is 238 g/mol. The third kappa shape index (κ3) is 1.49. The monoisotopic (exact) mass is 257 g/mol. The highest BCUT2D eigenvalue weighted by atomic mass is 16.5. The third-order valence-corrected chi connectivity index (χ3v) is 5.67. The zero-order valence-electron chi connectivity index (χ0n) is 11.0. The summed E-state index contributed by atoms with van der Waals surface area (Å²) in [5.41, 5.74) is 2.67. The van der Waals surface area contributed by atoms with Crippen LogP contribution in [0.5, 0.6) is 0 Å². The lowest BCUT2D eigenvalue weighted by molar-refractivity contribution is -0.889. The Hall–Kier alpha value is -1.19. The second-order valence-electron chi connectivity index (χ2n) is 6.45. The molecule has 2 bridgehead atoms. The molecule has 1 N–H and O–H groups in total. The van der Waals surface area contributed by atoms with E-state index in [1.807, 2.05) is 0 Å². The number of hydroxylamine groups is 2. The first kappa shape index (κ1) is 11.6. The first-order chi connectivity index (χ1) is 9.21. The summed E-state index contributed by atoms with van der Waals surface area (Å²) < 4.78 is 0. The van der Waals surface area contributed by atoms with Crippen LogP contribution in [-0.4, -0.2) is 18.4 Å². The molecular formula is C16H19NO2. The van der Waals surface area contributed by atoms with Crippen LogP contribution in [-0.2, 0) is 16.6 Å². The second kappa shape index (κ2) is 3.90. The molecule has 3 heteroatoms. The fourth-order valence-electron chi connectivity index (χ4n) is 4.89. The Bertz CT molecular complexity index is 541. The number of nitrogens with one attached hydrogen (secondary N) is 1. The Balaban J connectivity index is 1.91.